The van der Waals surface area contributed by atoms with E-state index in [0.717, 1.165) is 5.56 Å². The lowest BCUT2D eigenvalue weighted by molar-refractivity contribution is 1.24. The smallest absolute Gasteiger partial charge is 0.271 e. The Labute approximate surface area is 80.4 Å². The molecule has 2 aromatic heterocycles. The number of nitrogens with one attached hydrogen (secondary N) is 1. The van der Waals surface area contributed by atoms with Crippen LogP contribution in [0.25, 0.3) is 11.1 Å². The van der Waals surface area contributed by atoms with Gasteiger partial charge in [-0.3, -0.25) is 9.78 Å². The summed E-state index contributed by atoms with van der Waals surface area (Å²) in [6, 6.07) is 5.42. The van der Waals surface area contributed by atoms with Crippen LogP contribution in [0.15, 0.2) is 41.6 Å². The highest BCUT2D eigenvalue weighted by Crippen LogP contribution is 2.20. The van der Waals surface area contributed by atoms with Gasteiger partial charge in [0.1, 0.15) is 5.69 Å². The molecule has 70 valence electrons. The van der Waals surface area contributed by atoms with Crippen LogP contribution in [0, 0.1) is 0 Å². The molecule has 4 nitrogen and oxygen atoms in total. The third-order valence-corrected chi connectivity index (χ3v) is 1.97. The summed E-state index contributed by atoms with van der Waals surface area (Å²) in [6.07, 6.45) is 4.92. The number of hydrogen-bond donors (Lipinski definition) is 2. The second kappa shape index (κ2) is 3.33. The Balaban J connectivity index is 2.64. The predicted molar refractivity (Wildman–Crippen MR) is 54.7 cm³/mol. The maximum atomic E-state index is 11.2. The summed E-state index contributed by atoms with van der Waals surface area (Å²) in [5.41, 5.74) is 7.15. The van der Waals surface area contributed by atoms with Crippen molar-refractivity contribution < 1.29 is 0 Å². The minimum absolute atomic E-state index is 0.223. The highest BCUT2D eigenvalue weighted by atomic mass is 16.1. The highest BCUT2D eigenvalue weighted by Gasteiger charge is 2.04. The van der Waals surface area contributed by atoms with Crippen molar-refractivity contribution in [2.75, 3.05) is 5.73 Å². The number of H-pyrrole nitrogens is 1. The summed E-state index contributed by atoms with van der Waals surface area (Å²) in [6.45, 7) is 0. The zero-order valence-electron chi connectivity index (χ0n) is 7.40. The normalized spacial score (nSPS) is 10.0. The molecule has 0 spiro atoms. The number of nitrogens with two attached hydrogens (primary N) is 1. The molecule has 0 bridgehead atoms. The quantitative estimate of drug-likeness (QED) is 0.700. The van der Waals surface area contributed by atoms with Crippen LogP contribution in [0.3, 0.4) is 0 Å². The molecular weight excluding hydrogens is 178 g/mol. The first-order chi connectivity index (χ1) is 6.79. The molecule has 3 N–H and O–H groups in total. The van der Waals surface area contributed by atoms with Crippen LogP contribution in [-0.4, -0.2) is 9.97 Å². The molecule has 4 heteroatoms. The summed E-state index contributed by atoms with van der Waals surface area (Å²) >= 11 is 0. The maximum Gasteiger partial charge on any atom is 0.271 e. The van der Waals surface area contributed by atoms with Gasteiger partial charge in [-0.05, 0) is 12.1 Å². The fraction of sp³-hybridized carbons (Fsp3) is 0. The van der Waals surface area contributed by atoms with Gasteiger partial charge in [-0.15, -0.1) is 0 Å². The van der Waals surface area contributed by atoms with Gasteiger partial charge in [0.15, 0.2) is 0 Å². The standard InChI is InChI=1S/C10H9N3O/c11-9-8(3-5-13-10(9)14)7-2-1-4-12-6-7/h1-6H,11H2,(H,13,14). The van der Waals surface area contributed by atoms with Crippen LogP contribution < -0.4 is 11.3 Å². The Hall–Kier alpha value is -2.10. The SMILES string of the molecule is Nc1c(-c2cccnc2)cc[nH]c1=O. The van der Waals surface area contributed by atoms with E-state index in [1.54, 1.807) is 30.7 Å². The van der Waals surface area contributed by atoms with Crippen molar-refractivity contribution in [2.45, 2.75) is 0 Å². The van der Waals surface area contributed by atoms with Crippen molar-refractivity contribution in [1.29, 1.82) is 0 Å². The second-order valence-corrected chi connectivity index (χ2v) is 2.88. The van der Waals surface area contributed by atoms with Gasteiger partial charge in [-0.2, -0.15) is 0 Å². The van der Waals surface area contributed by atoms with Gasteiger partial charge < -0.3 is 10.7 Å². The van der Waals surface area contributed by atoms with Gasteiger partial charge in [-0.1, -0.05) is 6.07 Å². The lowest BCUT2D eigenvalue weighted by atomic mass is 10.1. The van der Waals surface area contributed by atoms with Crippen molar-refractivity contribution in [2.24, 2.45) is 0 Å². The zero-order valence-corrected chi connectivity index (χ0v) is 7.40. The Morgan fingerprint density at radius 1 is 1.36 bits per heavy atom. The minimum Gasteiger partial charge on any atom is -0.394 e. The number of aromatic nitrogens is 2. The van der Waals surface area contributed by atoms with E-state index >= 15 is 0 Å². The number of nitrogens with zero attached hydrogens (tertiary/aromatic N) is 1. The molecule has 0 radical (unpaired) electrons. The van der Waals surface area contributed by atoms with Gasteiger partial charge in [0.2, 0.25) is 0 Å². The van der Waals surface area contributed by atoms with E-state index in [1.807, 2.05) is 6.07 Å². The van der Waals surface area contributed by atoms with E-state index in [-0.39, 0.29) is 11.2 Å². The van der Waals surface area contributed by atoms with Crippen molar-refractivity contribution in [1.82, 2.24) is 9.97 Å². The molecule has 0 saturated carbocycles. The van der Waals surface area contributed by atoms with Crippen molar-refractivity contribution >= 4 is 5.69 Å². The first-order valence-corrected chi connectivity index (χ1v) is 4.16. The van der Waals surface area contributed by atoms with E-state index in [2.05, 4.69) is 9.97 Å². The van der Waals surface area contributed by atoms with Crippen molar-refractivity contribution in [3.63, 3.8) is 0 Å². The third kappa shape index (κ3) is 1.37. The molecule has 0 amide bonds. The van der Waals surface area contributed by atoms with Crippen LogP contribution in [0.2, 0.25) is 0 Å². The maximum absolute atomic E-state index is 11.2. The first kappa shape index (κ1) is 8.50. The number of hydrogen-bond acceptors (Lipinski definition) is 3. The summed E-state index contributed by atoms with van der Waals surface area (Å²) < 4.78 is 0. The average molecular weight is 187 g/mol. The summed E-state index contributed by atoms with van der Waals surface area (Å²) in [5, 5.41) is 0. The lowest BCUT2D eigenvalue weighted by Crippen LogP contribution is -2.11. The minimum atomic E-state index is -0.272. The Kier molecular flexibility index (Phi) is 2.02. The molecular formula is C10H9N3O. The first-order valence-electron chi connectivity index (χ1n) is 4.16. The van der Waals surface area contributed by atoms with Crippen LogP contribution in [0.5, 0.6) is 0 Å². The molecule has 2 aromatic rings. The van der Waals surface area contributed by atoms with E-state index in [4.69, 9.17) is 5.73 Å². The summed E-state index contributed by atoms with van der Waals surface area (Å²) in [4.78, 5) is 17.7. The third-order valence-electron chi connectivity index (χ3n) is 1.97. The molecule has 0 atom stereocenters. The lowest BCUT2D eigenvalue weighted by Gasteiger charge is -2.02. The molecule has 0 saturated heterocycles. The zero-order chi connectivity index (χ0) is 9.97. The highest BCUT2D eigenvalue weighted by molar-refractivity contribution is 5.74. The molecule has 2 rings (SSSR count). The summed E-state index contributed by atoms with van der Waals surface area (Å²) in [5.74, 6) is 0. The van der Waals surface area contributed by atoms with Crippen LogP contribution >= 0.6 is 0 Å². The number of nitrogen functional groups attached to an aromatic ring is 1. The molecule has 14 heavy (non-hydrogen) atoms. The fourth-order valence-electron chi connectivity index (χ4n) is 1.26. The average Bonchev–Trinajstić information content (AvgIpc) is 2.23. The number of anilines is 1. The van der Waals surface area contributed by atoms with Gasteiger partial charge >= 0.3 is 0 Å². The number of rotatable bonds is 1. The monoisotopic (exact) mass is 187 g/mol. The number of aromatic amines is 1. The second-order valence-electron chi connectivity index (χ2n) is 2.88. The van der Waals surface area contributed by atoms with Crippen LogP contribution in [0.4, 0.5) is 5.69 Å². The molecule has 2 heterocycles. The van der Waals surface area contributed by atoms with Crippen molar-refractivity contribution in [3.05, 3.63) is 47.1 Å². The topological polar surface area (TPSA) is 71.8 Å². The van der Waals surface area contributed by atoms with E-state index in [0.29, 0.717) is 5.56 Å². The van der Waals surface area contributed by atoms with Crippen LogP contribution in [-0.2, 0) is 0 Å². The van der Waals surface area contributed by atoms with Gasteiger partial charge in [0.05, 0.1) is 0 Å². The van der Waals surface area contributed by atoms with Gasteiger partial charge in [-0.25, -0.2) is 0 Å². The Morgan fingerprint density at radius 2 is 2.21 bits per heavy atom. The Morgan fingerprint density at radius 3 is 2.93 bits per heavy atom. The Bertz CT molecular complexity index is 490. The van der Waals surface area contributed by atoms with Crippen LogP contribution in [0.1, 0.15) is 0 Å². The molecule has 0 unspecified atom stereocenters. The molecule has 0 aliphatic carbocycles. The molecule has 0 aliphatic heterocycles. The predicted octanol–water partition coefficient (Wildman–Crippen LogP) is 1.02. The van der Waals surface area contributed by atoms with E-state index in [1.165, 1.54) is 0 Å². The van der Waals surface area contributed by atoms with E-state index < -0.39 is 0 Å². The largest absolute Gasteiger partial charge is 0.394 e. The number of pyridine rings is 2. The summed E-state index contributed by atoms with van der Waals surface area (Å²) in [7, 11) is 0. The molecule has 0 aromatic carbocycles. The van der Waals surface area contributed by atoms with Gasteiger partial charge in [0.25, 0.3) is 5.56 Å². The molecule has 0 fully saturated rings. The van der Waals surface area contributed by atoms with E-state index in [9.17, 15) is 4.79 Å². The van der Waals surface area contributed by atoms with Crippen molar-refractivity contribution in [3.8, 4) is 11.1 Å². The fourth-order valence-corrected chi connectivity index (χ4v) is 1.26. The van der Waals surface area contributed by atoms with Gasteiger partial charge in [0, 0.05) is 29.7 Å². The molecule has 0 aliphatic rings.